The highest BCUT2D eigenvalue weighted by Gasteiger charge is 2.20. The second-order valence-corrected chi connectivity index (χ2v) is 9.02. The Labute approximate surface area is 193 Å². The quantitative estimate of drug-likeness (QED) is 0.457. The van der Waals surface area contributed by atoms with Crippen LogP contribution in [0.25, 0.3) is 22.0 Å². The van der Waals surface area contributed by atoms with E-state index in [-0.39, 0.29) is 5.91 Å². The van der Waals surface area contributed by atoms with Gasteiger partial charge < -0.3 is 5.32 Å². The molecule has 1 amide bonds. The van der Waals surface area contributed by atoms with E-state index in [9.17, 15) is 9.00 Å². The molecule has 32 heavy (non-hydrogen) atoms. The standard InChI is InChI=1S/C24H19ClN4O2S/c25-19-13-18(23-22-4-2-1-3-16(22)9-10-26-23)14-20(15-19)28-24(30)17-5-7-21(8-6-17)29-12-11-27-32(29)31/h1-10,13-15,27H,11-12H2,(H,28,30). The SMILES string of the molecule is O=C(Nc1cc(Cl)cc(-c2nccc3ccccc23)c1)c1ccc(N2CCNS2=O)cc1. The number of nitrogens with zero attached hydrogens (tertiary/aromatic N) is 2. The summed E-state index contributed by atoms with van der Waals surface area (Å²) in [5, 5.41) is 5.52. The van der Waals surface area contributed by atoms with Gasteiger partial charge in [-0.15, -0.1) is 0 Å². The monoisotopic (exact) mass is 462 g/mol. The maximum atomic E-state index is 12.8. The van der Waals surface area contributed by atoms with E-state index in [1.807, 2.05) is 42.5 Å². The number of carbonyl (C=O) groups excluding carboxylic acids is 1. The minimum absolute atomic E-state index is 0.253. The highest BCUT2D eigenvalue weighted by atomic mass is 35.5. The number of amides is 1. The van der Waals surface area contributed by atoms with Gasteiger partial charge in [-0.25, -0.2) is 8.93 Å². The van der Waals surface area contributed by atoms with Crippen LogP contribution in [0.3, 0.4) is 0 Å². The summed E-state index contributed by atoms with van der Waals surface area (Å²) >= 11 is 5.14. The summed E-state index contributed by atoms with van der Waals surface area (Å²) in [7, 11) is 0. The zero-order valence-corrected chi connectivity index (χ0v) is 18.5. The molecule has 0 spiro atoms. The lowest BCUT2D eigenvalue weighted by molar-refractivity contribution is 0.102. The van der Waals surface area contributed by atoms with Crippen LogP contribution in [0.1, 0.15) is 10.4 Å². The van der Waals surface area contributed by atoms with Gasteiger partial charge >= 0.3 is 0 Å². The van der Waals surface area contributed by atoms with Crippen LogP contribution in [0.4, 0.5) is 11.4 Å². The van der Waals surface area contributed by atoms with Gasteiger partial charge in [0.15, 0.2) is 11.2 Å². The molecule has 1 saturated heterocycles. The molecule has 0 saturated carbocycles. The van der Waals surface area contributed by atoms with Gasteiger partial charge in [-0.2, -0.15) is 0 Å². The number of carbonyl (C=O) groups is 1. The second-order valence-electron chi connectivity index (χ2n) is 7.36. The first-order chi connectivity index (χ1) is 15.6. The number of pyridine rings is 1. The number of halogens is 1. The summed E-state index contributed by atoms with van der Waals surface area (Å²) in [5.74, 6) is -0.253. The Balaban J connectivity index is 1.40. The molecule has 1 fully saturated rings. The maximum Gasteiger partial charge on any atom is 0.255 e. The fourth-order valence-electron chi connectivity index (χ4n) is 3.75. The van der Waals surface area contributed by atoms with E-state index >= 15 is 0 Å². The summed E-state index contributed by atoms with van der Waals surface area (Å²) in [6, 6.07) is 22.4. The smallest absolute Gasteiger partial charge is 0.255 e. The van der Waals surface area contributed by atoms with Gasteiger partial charge in [0.2, 0.25) is 0 Å². The highest BCUT2D eigenvalue weighted by molar-refractivity contribution is 7.84. The van der Waals surface area contributed by atoms with Gasteiger partial charge in [0.1, 0.15) is 0 Å². The van der Waals surface area contributed by atoms with Crippen LogP contribution < -0.4 is 14.3 Å². The molecule has 1 aromatic heterocycles. The highest BCUT2D eigenvalue weighted by Crippen LogP contribution is 2.31. The van der Waals surface area contributed by atoms with Crippen molar-refractivity contribution in [2.45, 2.75) is 0 Å². The van der Waals surface area contributed by atoms with E-state index in [2.05, 4.69) is 15.0 Å². The Morgan fingerprint density at radius 1 is 1.06 bits per heavy atom. The van der Waals surface area contributed by atoms with Gasteiger partial charge in [-0.1, -0.05) is 35.9 Å². The van der Waals surface area contributed by atoms with Crippen molar-refractivity contribution in [3.8, 4) is 11.3 Å². The molecule has 160 valence electrons. The van der Waals surface area contributed by atoms with Crippen molar-refractivity contribution in [1.82, 2.24) is 9.71 Å². The molecule has 1 aliphatic rings. The van der Waals surface area contributed by atoms with Gasteiger partial charge in [0.05, 0.1) is 11.4 Å². The molecule has 0 bridgehead atoms. The summed E-state index contributed by atoms with van der Waals surface area (Å²) in [5.41, 5.74) is 3.51. The summed E-state index contributed by atoms with van der Waals surface area (Å²) in [6.07, 6.45) is 1.77. The topological polar surface area (TPSA) is 74.3 Å². The second kappa shape index (κ2) is 8.70. The first-order valence-corrected chi connectivity index (χ1v) is 11.6. The van der Waals surface area contributed by atoms with E-state index < -0.39 is 11.2 Å². The van der Waals surface area contributed by atoms with E-state index in [0.29, 0.717) is 29.4 Å². The average Bonchev–Trinajstić information content (AvgIpc) is 3.24. The molecule has 4 aromatic rings. The summed E-state index contributed by atoms with van der Waals surface area (Å²) in [4.78, 5) is 17.4. The largest absolute Gasteiger partial charge is 0.322 e. The van der Waals surface area contributed by atoms with Crippen molar-refractivity contribution in [1.29, 1.82) is 0 Å². The van der Waals surface area contributed by atoms with E-state index in [1.54, 1.807) is 40.8 Å². The molecule has 1 unspecified atom stereocenters. The number of hydrogen-bond acceptors (Lipinski definition) is 3. The van der Waals surface area contributed by atoms with E-state index in [4.69, 9.17) is 11.6 Å². The van der Waals surface area contributed by atoms with E-state index in [0.717, 1.165) is 27.7 Å². The van der Waals surface area contributed by atoms with Crippen molar-refractivity contribution < 1.29 is 9.00 Å². The van der Waals surface area contributed by atoms with Crippen LogP contribution in [-0.4, -0.2) is 28.2 Å². The van der Waals surface area contributed by atoms with Crippen molar-refractivity contribution in [3.05, 3.63) is 89.6 Å². The lowest BCUT2D eigenvalue weighted by Crippen LogP contribution is -2.22. The van der Waals surface area contributed by atoms with Crippen LogP contribution >= 0.6 is 11.6 Å². The van der Waals surface area contributed by atoms with Crippen LogP contribution in [0.2, 0.25) is 5.02 Å². The normalized spacial score (nSPS) is 15.8. The molecule has 2 heterocycles. The van der Waals surface area contributed by atoms with Crippen LogP contribution in [-0.2, 0) is 11.2 Å². The van der Waals surface area contributed by atoms with E-state index in [1.165, 1.54) is 0 Å². The molecule has 0 aliphatic carbocycles. The van der Waals surface area contributed by atoms with Crippen LogP contribution in [0.15, 0.2) is 79.0 Å². The molecule has 2 N–H and O–H groups in total. The third kappa shape index (κ3) is 4.10. The van der Waals surface area contributed by atoms with Crippen LogP contribution in [0, 0.1) is 0 Å². The van der Waals surface area contributed by atoms with Crippen molar-refractivity contribution >= 4 is 50.8 Å². The summed E-state index contributed by atoms with van der Waals surface area (Å²) in [6.45, 7) is 1.32. The fourth-order valence-corrected chi connectivity index (χ4v) is 4.98. The molecule has 1 atom stereocenters. The van der Waals surface area contributed by atoms with Gasteiger partial charge in [-0.3, -0.25) is 14.1 Å². The predicted molar refractivity (Wildman–Crippen MR) is 130 cm³/mol. The third-order valence-electron chi connectivity index (χ3n) is 5.26. The Hall–Kier alpha value is -3.26. The Morgan fingerprint density at radius 2 is 1.88 bits per heavy atom. The lowest BCUT2D eigenvalue weighted by Gasteiger charge is -2.15. The number of fused-ring (bicyclic) bond motifs is 1. The first-order valence-electron chi connectivity index (χ1n) is 10.1. The number of benzene rings is 3. The number of rotatable bonds is 4. The fraction of sp³-hybridized carbons (Fsp3) is 0.0833. The molecule has 5 rings (SSSR count). The number of anilines is 2. The molecule has 8 heteroatoms. The lowest BCUT2D eigenvalue weighted by atomic mass is 10.0. The third-order valence-corrected chi connectivity index (χ3v) is 6.72. The molecular formula is C24H19ClN4O2S. The van der Waals surface area contributed by atoms with Gasteiger partial charge in [0.25, 0.3) is 5.91 Å². The Kier molecular flexibility index (Phi) is 5.61. The predicted octanol–water partition coefficient (Wildman–Crippen LogP) is 4.80. The molecule has 1 aliphatic heterocycles. The average molecular weight is 463 g/mol. The first kappa shape index (κ1) is 20.6. The number of nitrogens with one attached hydrogen (secondary N) is 2. The van der Waals surface area contributed by atoms with Crippen LogP contribution in [0.5, 0.6) is 0 Å². The van der Waals surface area contributed by atoms with Crippen molar-refractivity contribution in [2.75, 3.05) is 22.7 Å². The summed E-state index contributed by atoms with van der Waals surface area (Å²) < 4.78 is 16.6. The molecule has 3 aromatic carbocycles. The zero-order valence-electron chi connectivity index (χ0n) is 16.9. The minimum atomic E-state index is -1.23. The van der Waals surface area contributed by atoms with Gasteiger partial charge in [0, 0.05) is 46.5 Å². The zero-order chi connectivity index (χ0) is 22.1. The Bertz CT molecular complexity index is 1340. The Morgan fingerprint density at radius 3 is 2.66 bits per heavy atom. The molecular weight excluding hydrogens is 444 g/mol. The van der Waals surface area contributed by atoms with Crippen molar-refractivity contribution in [2.24, 2.45) is 0 Å². The van der Waals surface area contributed by atoms with Crippen molar-refractivity contribution in [3.63, 3.8) is 0 Å². The maximum absolute atomic E-state index is 12.8. The van der Waals surface area contributed by atoms with Gasteiger partial charge in [-0.05, 0) is 53.9 Å². The molecule has 6 nitrogen and oxygen atoms in total. The number of aromatic nitrogens is 1. The number of hydrogen-bond donors (Lipinski definition) is 2. The minimum Gasteiger partial charge on any atom is -0.322 e. The molecule has 0 radical (unpaired) electrons.